The van der Waals surface area contributed by atoms with Crippen LogP contribution in [0, 0.1) is 5.92 Å². The molecule has 0 amide bonds. The second-order valence-corrected chi connectivity index (χ2v) is 1.47. The number of quaternary nitrogens is 1. The Balaban J connectivity index is 0. The van der Waals surface area contributed by atoms with Crippen molar-refractivity contribution >= 4 is 0 Å². The van der Waals surface area contributed by atoms with Crippen molar-refractivity contribution in [2.24, 2.45) is 5.92 Å². The van der Waals surface area contributed by atoms with Crippen LogP contribution in [0.3, 0.4) is 0 Å². The van der Waals surface area contributed by atoms with Crippen LogP contribution in [0.15, 0.2) is 0 Å². The largest absolute Gasteiger partial charge is 0.396 e. The van der Waals surface area contributed by atoms with E-state index in [4.69, 9.17) is 10.2 Å². The van der Waals surface area contributed by atoms with E-state index in [1.807, 2.05) is 0 Å². The van der Waals surface area contributed by atoms with E-state index in [9.17, 15) is 0 Å². The second kappa shape index (κ2) is 5.88. The summed E-state index contributed by atoms with van der Waals surface area (Å²) in [7, 11) is 0. The predicted octanol–water partition coefficient (Wildman–Crippen LogP) is -0.0167. The van der Waals surface area contributed by atoms with E-state index in [0.29, 0.717) is 0 Å². The molecule has 0 radical (unpaired) electrons. The molecule has 0 bridgehead atoms. The summed E-state index contributed by atoms with van der Waals surface area (Å²) in [5.74, 6) is 0.0463. The Bertz CT molecular complexity index is 28.9. The minimum atomic E-state index is 0. The molecule has 3 heteroatoms. The molecule has 0 aliphatic carbocycles. The Morgan fingerprint density at radius 2 is 1.57 bits per heavy atom. The summed E-state index contributed by atoms with van der Waals surface area (Å²) in [6.45, 7) is 1.94. The molecule has 0 fully saturated rings. The fourth-order valence-electron chi connectivity index (χ4n) is 0.0577. The zero-order chi connectivity index (χ0) is 4.99. The Morgan fingerprint density at radius 3 is 1.57 bits per heavy atom. The number of aliphatic hydroxyl groups is 2. The van der Waals surface area contributed by atoms with Crippen LogP contribution in [0.25, 0.3) is 0 Å². The molecule has 0 aliphatic heterocycles. The Hall–Kier alpha value is -0.120. The van der Waals surface area contributed by atoms with Gasteiger partial charge in [-0.15, -0.1) is 0 Å². The molecule has 0 aromatic heterocycles. The van der Waals surface area contributed by atoms with Crippen LogP contribution in [0.2, 0.25) is 0 Å². The first kappa shape index (κ1) is 9.99. The van der Waals surface area contributed by atoms with Crippen molar-refractivity contribution < 1.29 is 10.2 Å². The molecule has 0 spiro atoms. The van der Waals surface area contributed by atoms with Crippen molar-refractivity contribution in [1.82, 2.24) is 6.15 Å². The standard InChI is InChI=1S/C4H10O2.H3N/c1-4(2-5)3-6;/h4-6H,2-3H2,1H3;1H3/p+1. The van der Waals surface area contributed by atoms with Gasteiger partial charge in [0.25, 0.3) is 0 Å². The fraction of sp³-hybridized carbons (Fsp3) is 1.00. The van der Waals surface area contributed by atoms with Gasteiger partial charge in [0.2, 0.25) is 0 Å². The van der Waals surface area contributed by atoms with Crippen LogP contribution in [0.5, 0.6) is 0 Å². The van der Waals surface area contributed by atoms with Gasteiger partial charge in [0.15, 0.2) is 0 Å². The van der Waals surface area contributed by atoms with Gasteiger partial charge in [-0.2, -0.15) is 0 Å². The lowest BCUT2D eigenvalue weighted by molar-refractivity contribution is 0.162. The Labute approximate surface area is 43.6 Å². The van der Waals surface area contributed by atoms with Gasteiger partial charge in [0, 0.05) is 19.1 Å². The van der Waals surface area contributed by atoms with E-state index in [-0.39, 0.29) is 25.3 Å². The van der Waals surface area contributed by atoms with E-state index >= 15 is 0 Å². The van der Waals surface area contributed by atoms with Crippen molar-refractivity contribution in [2.45, 2.75) is 6.92 Å². The molecule has 0 atom stereocenters. The molecule has 0 saturated heterocycles. The lowest BCUT2D eigenvalue weighted by atomic mass is 10.2. The van der Waals surface area contributed by atoms with Crippen molar-refractivity contribution in [3.05, 3.63) is 0 Å². The van der Waals surface area contributed by atoms with Crippen molar-refractivity contribution in [3.8, 4) is 0 Å². The van der Waals surface area contributed by atoms with Gasteiger partial charge in [0.05, 0.1) is 0 Å². The van der Waals surface area contributed by atoms with Gasteiger partial charge >= 0.3 is 0 Å². The highest BCUT2D eigenvalue weighted by Crippen LogP contribution is 1.85. The number of hydrogen-bond donors (Lipinski definition) is 3. The molecule has 46 valence electrons. The first-order chi connectivity index (χ1) is 2.81. The molecule has 0 unspecified atom stereocenters. The molecule has 0 heterocycles. The highest BCUT2D eigenvalue weighted by atomic mass is 16.3. The zero-order valence-electron chi connectivity index (χ0n) is 4.89. The number of rotatable bonds is 2. The van der Waals surface area contributed by atoms with E-state index < -0.39 is 0 Å². The maximum atomic E-state index is 8.17. The Kier molecular flexibility index (Phi) is 8.39. The van der Waals surface area contributed by atoms with Gasteiger partial charge in [-0.1, -0.05) is 6.92 Å². The van der Waals surface area contributed by atoms with Crippen LogP contribution >= 0.6 is 0 Å². The molecule has 3 nitrogen and oxygen atoms in total. The first-order valence-electron chi connectivity index (χ1n) is 2.03. The van der Waals surface area contributed by atoms with Crippen LogP contribution in [-0.4, -0.2) is 23.4 Å². The van der Waals surface area contributed by atoms with Crippen LogP contribution < -0.4 is 6.15 Å². The summed E-state index contributed by atoms with van der Waals surface area (Å²) in [6.07, 6.45) is 0. The summed E-state index contributed by atoms with van der Waals surface area (Å²) < 4.78 is 0. The maximum Gasteiger partial charge on any atom is 0.0478 e. The lowest BCUT2D eigenvalue weighted by Crippen LogP contribution is -2.04. The third-order valence-electron chi connectivity index (χ3n) is 0.623. The van der Waals surface area contributed by atoms with Crippen molar-refractivity contribution in [2.75, 3.05) is 13.2 Å². The number of hydrogen-bond acceptors (Lipinski definition) is 2. The van der Waals surface area contributed by atoms with E-state index in [1.165, 1.54) is 0 Å². The summed E-state index contributed by atoms with van der Waals surface area (Å²) >= 11 is 0. The van der Waals surface area contributed by atoms with Gasteiger partial charge in [0.1, 0.15) is 0 Å². The molecule has 0 rings (SSSR count). The third kappa shape index (κ3) is 5.88. The van der Waals surface area contributed by atoms with Gasteiger partial charge in [-0.05, 0) is 0 Å². The van der Waals surface area contributed by atoms with Gasteiger partial charge in [-0.25, -0.2) is 0 Å². The molecule has 0 aliphatic rings. The van der Waals surface area contributed by atoms with Gasteiger partial charge in [-0.3, -0.25) is 0 Å². The van der Waals surface area contributed by atoms with Crippen LogP contribution in [0.4, 0.5) is 0 Å². The van der Waals surface area contributed by atoms with E-state index in [0.717, 1.165) is 0 Å². The monoisotopic (exact) mass is 108 g/mol. The van der Waals surface area contributed by atoms with Gasteiger partial charge < -0.3 is 16.4 Å². The first-order valence-corrected chi connectivity index (χ1v) is 2.03. The highest BCUT2D eigenvalue weighted by molar-refractivity contribution is 4.41. The summed E-state index contributed by atoms with van der Waals surface area (Å²) in [4.78, 5) is 0. The second-order valence-electron chi connectivity index (χ2n) is 1.47. The van der Waals surface area contributed by atoms with E-state index in [1.54, 1.807) is 6.92 Å². The minimum Gasteiger partial charge on any atom is -0.396 e. The molecule has 0 saturated carbocycles. The van der Waals surface area contributed by atoms with Crippen molar-refractivity contribution in [3.63, 3.8) is 0 Å². The molecule has 0 aromatic carbocycles. The topological polar surface area (TPSA) is 77.0 Å². The van der Waals surface area contributed by atoms with E-state index in [2.05, 4.69) is 0 Å². The molecular weight excluding hydrogens is 94.0 g/mol. The molecule has 0 aromatic rings. The molecular formula is C4H14NO2+. The normalized spacial score (nSPS) is 8.57. The van der Waals surface area contributed by atoms with Crippen LogP contribution in [-0.2, 0) is 0 Å². The molecule has 7 heavy (non-hydrogen) atoms. The Morgan fingerprint density at radius 1 is 1.29 bits per heavy atom. The smallest absolute Gasteiger partial charge is 0.0478 e. The van der Waals surface area contributed by atoms with Crippen LogP contribution in [0.1, 0.15) is 6.92 Å². The zero-order valence-corrected chi connectivity index (χ0v) is 4.89. The summed E-state index contributed by atoms with van der Waals surface area (Å²) in [5, 5.41) is 16.3. The predicted molar refractivity (Wildman–Crippen MR) is 29.3 cm³/mol. The lowest BCUT2D eigenvalue weighted by Gasteiger charge is -1.97. The fourth-order valence-corrected chi connectivity index (χ4v) is 0.0577. The SMILES string of the molecule is CC(CO)CO.[NH4+]. The average Bonchev–Trinajstić information content (AvgIpc) is 1.65. The van der Waals surface area contributed by atoms with Crippen molar-refractivity contribution in [1.29, 1.82) is 0 Å². The summed E-state index contributed by atoms with van der Waals surface area (Å²) in [5.41, 5.74) is 0. The summed E-state index contributed by atoms with van der Waals surface area (Å²) in [6, 6.07) is 0. The molecule has 6 N–H and O–H groups in total. The minimum absolute atomic E-state index is 0. The highest BCUT2D eigenvalue weighted by Gasteiger charge is 1.91. The maximum absolute atomic E-state index is 8.17. The quantitative estimate of drug-likeness (QED) is 0.465. The number of aliphatic hydroxyl groups excluding tert-OH is 2. The third-order valence-corrected chi connectivity index (χ3v) is 0.623. The average molecular weight is 108 g/mol.